The summed E-state index contributed by atoms with van der Waals surface area (Å²) in [5.74, 6) is 6.12. The van der Waals surface area contributed by atoms with Crippen LogP contribution in [0.3, 0.4) is 0 Å². The number of nitrogens with zero attached hydrogens (tertiary/aromatic N) is 2. The molecule has 1 aromatic heterocycles. The average molecular weight is 256 g/mol. The van der Waals surface area contributed by atoms with Gasteiger partial charge in [0.25, 0.3) is 0 Å². The molecular weight excluding hydrogens is 236 g/mol. The van der Waals surface area contributed by atoms with Gasteiger partial charge in [-0.1, -0.05) is 25.3 Å². The lowest BCUT2D eigenvalue weighted by Gasteiger charge is -2.24. The van der Waals surface area contributed by atoms with Gasteiger partial charge in [0, 0.05) is 17.9 Å². The Morgan fingerprint density at radius 1 is 1.53 bits per heavy atom. The third kappa shape index (κ3) is 2.65. The molecule has 2 rings (SSSR count). The van der Waals surface area contributed by atoms with Gasteiger partial charge in [-0.15, -0.1) is 5.10 Å². The van der Waals surface area contributed by atoms with E-state index in [1.807, 2.05) is 0 Å². The molecule has 1 fully saturated rings. The number of nitrogens with one attached hydrogen (secondary N) is 1. The molecule has 1 aliphatic heterocycles. The van der Waals surface area contributed by atoms with Crippen molar-refractivity contribution >= 4 is 11.5 Å². The standard InChI is InChI=1S/C11H20N4OS/c1-11(2,3)10-9(17-15-14-10)8(13-12)7-4-5-16-6-7/h7-8,13H,4-6,12H2,1-3H3. The molecule has 0 aromatic carbocycles. The minimum atomic E-state index is -0.00308. The zero-order chi connectivity index (χ0) is 12.5. The third-order valence-electron chi connectivity index (χ3n) is 3.12. The van der Waals surface area contributed by atoms with E-state index < -0.39 is 0 Å². The Morgan fingerprint density at radius 2 is 2.29 bits per heavy atom. The largest absolute Gasteiger partial charge is 0.381 e. The van der Waals surface area contributed by atoms with Crippen LogP contribution in [0.2, 0.25) is 0 Å². The van der Waals surface area contributed by atoms with Crippen LogP contribution in [0.1, 0.15) is 43.8 Å². The molecule has 2 unspecified atom stereocenters. The van der Waals surface area contributed by atoms with E-state index in [-0.39, 0.29) is 11.5 Å². The van der Waals surface area contributed by atoms with Gasteiger partial charge in [-0.3, -0.25) is 11.3 Å². The summed E-state index contributed by atoms with van der Waals surface area (Å²) in [5, 5.41) is 4.26. The van der Waals surface area contributed by atoms with Gasteiger partial charge in [0.1, 0.15) is 0 Å². The van der Waals surface area contributed by atoms with Gasteiger partial charge in [-0.2, -0.15) is 0 Å². The average Bonchev–Trinajstić information content (AvgIpc) is 2.87. The van der Waals surface area contributed by atoms with Crippen molar-refractivity contribution in [3.05, 3.63) is 10.6 Å². The minimum Gasteiger partial charge on any atom is -0.381 e. The summed E-state index contributed by atoms with van der Waals surface area (Å²) < 4.78 is 9.52. The van der Waals surface area contributed by atoms with Crippen LogP contribution >= 0.6 is 11.5 Å². The first-order valence-electron chi connectivity index (χ1n) is 5.90. The summed E-state index contributed by atoms with van der Waals surface area (Å²) in [6, 6.07) is 0.103. The summed E-state index contributed by atoms with van der Waals surface area (Å²) in [6.45, 7) is 8.01. The van der Waals surface area contributed by atoms with Crippen LogP contribution in [0, 0.1) is 5.92 Å². The Hall–Kier alpha value is -0.560. The van der Waals surface area contributed by atoms with Crippen molar-refractivity contribution in [1.29, 1.82) is 0 Å². The Labute approximate surface area is 106 Å². The second-order valence-electron chi connectivity index (χ2n) is 5.50. The van der Waals surface area contributed by atoms with E-state index >= 15 is 0 Å². The molecule has 96 valence electrons. The molecule has 0 saturated carbocycles. The fourth-order valence-corrected chi connectivity index (χ4v) is 3.18. The van der Waals surface area contributed by atoms with Gasteiger partial charge >= 0.3 is 0 Å². The van der Waals surface area contributed by atoms with Crippen molar-refractivity contribution in [2.24, 2.45) is 11.8 Å². The van der Waals surface area contributed by atoms with E-state index in [1.165, 1.54) is 11.5 Å². The van der Waals surface area contributed by atoms with Gasteiger partial charge in [-0.05, 0) is 18.0 Å². The number of nitrogens with two attached hydrogens (primary N) is 1. The fourth-order valence-electron chi connectivity index (χ4n) is 2.16. The van der Waals surface area contributed by atoms with Crippen LogP contribution < -0.4 is 11.3 Å². The molecule has 0 aliphatic carbocycles. The number of aromatic nitrogens is 2. The normalized spacial score (nSPS) is 22.9. The maximum Gasteiger partial charge on any atom is 0.0857 e. The molecule has 6 heteroatoms. The summed E-state index contributed by atoms with van der Waals surface area (Å²) in [6.07, 6.45) is 1.04. The second-order valence-corrected chi connectivity index (χ2v) is 6.29. The number of hydrogen-bond donors (Lipinski definition) is 2. The van der Waals surface area contributed by atoms with E-state index in [4.69, 9.17) is 10.6 Å². The van der Waals surface area contributed by atoms with E-state index in [1.54, 1.807) is 0 Å². The summed E-state index contributed by atoms with van der Waals surface area (Å²) in [7, 11) is 0. The van der Waals surface area contributed by atoms with Gasteiger partial charge in [0.2, 0.25) is 0 Å². The van der Waals surface area contributed by atoms with Crippen molar-refractivity contribution in [2.45, 2.75) is 38.6 Å². The van der Waals surface area contributed by atoms with Crippen molar-refractivity contribution in [3.63, 3.8) is 0 Å². The summed E-state index contributed by atoms with van der Waals surface area (Å²) in [4.78, 5) is 1.15. The molecule has 17 heavy (non-hydrogen) atoms. The molecule has 0 spiro atoms. The molecule has 2 atom stereocenters. The first kappa shape index (κ1) is 12.9. The Kier molecular flexibility index (Phi) is 3.77. The molecular formula is C11H20N4OS. The number of hydrogen-bond acceptors (Lipinski definition) is 6. The SMILES string of the molecule is CC(C)(C)c1nnsc1C(NN)C1CCOC1. The Bertz CT molecular complexity index is 368. The van der Waals surface area contributed by atoms with Gasteiger partial charge in [0.15, 0.2) is 0 Å². The van der Waals surface area contributed by atoms with Crippen molar-refractivity contribution < 1.29 is 4.74 Å². The maximum atomic E-state index is 5.70. The molecule has 0 radical (unpaired) electrons. The maximum absolute atomic E-state index is 5.70. The molecule has 2 heterocycles. The van der Waals surface area contributed by atoms with Crippen LogP contribution in [0.15, 0.2) is 0 Å². The monoisotopic (exact) mass is 256 g/mol. The highest BCUT2D eigenvalue weighted by Gasteiger charge is 2.33. The summed E-state index contributed by atoms with van der Waals surface area (Å²) >= 11 is 1.44. The predicted octanol–water partition coefficient (Wildman–Crippen LogP) is 1.38. The number of ether oxygens (including phenoxy) is 1. The molecule has 5 nitrogen and oxygen atoms in total. The lowest BCUT2D eigenvalue weighted by Crippen LogP contribution is -2.35. The van der Waals surface area contributed by atoms with Crippen molar-refractivity contribution in [2.75, 3.05) is 13.2 Å². The minimum absolute atomic E-state index is 0.00308. The van der Waals surface area contributed by atoms with Gasteiger partial charge < -0.3 is 4.74 Å². The van der Waals surface area contributed by atoms with Crippen molar-refractivity contribution in [1.82, 2.24) is 15.0 Å². The van der Waals surface area contributed by atoms with Crippen LogP contribution in [-0.2, 0) is 10.2 Å². The highest BCUT2D eigenvalue weighted by atomic mass is 32.1. The number of rotatable bonds is 3. The first-order valence-corrected chi connectivity index (χ1v) is 6.68. The van der Waals surface area contributed by atoms with E-state index in [2.05, 4.69) is 35.8 Å². The lowest BCUT2D eigenvalue weighted by atomic mass is 9.87. The topological polar surface area (TPSA) is 73.1 Å². The molecule has 0 bridgehead atoms. The van der Waals surface area contributed by atoms with Gasteiger partial charge in [0.05, 0.1) is 23.2 Å². The highest BCUT2D eigenvalue weighted by Crippen LogP contribution is 2.35. The summed E-state index contributed by atoms with van der Waals surface area (Å²) in [5.41, 5.74) is 3.95. The smallest absolute Gasteiger partial charge is 0.0857 e. The Balaban J connectivity index is 2.27. The molecule has 1 saturated heterocycles. The third-order valence-corrected chi connectivity index (χ3v) is 3.93. The van der Waals surface area contributed by atoms with E-state index in [0.29, 0.717) is 5.92 Å². The van der Waals surface area contributed by atoms with Crippen molar-refractivity contribution in [3.8, 4) is 0 Å². The predicted molar refractivity (Wildman–Crippen MR) is 67.6 cm³/mol. The van der Waals surface area contributed by atoms with Crippen LogP contribution in [0.25, 0.3) is 0 Å². The molecule has 1 aromatic rings. The second kappa shape index (κ2) is 4.97. The van der Waals surface area contributed by atoms with E-state index in [9.17, 15) is 0 Å². The highest BCUT2D eigenvalue weighted by molar-refractivity contribution is 7.05. The fraction of sp³-hybridized carbons (Fsp3) is 0.818. The zero-order valence-corrected chi connectivity index (χ0v) is 11.4. The van der Waals surface area contributed by atoms with Gasteiger partial charge in [-0.25, -0.2) is 0 Å². The quantitative estimate of drug-likeness (QED) is 0.631. The first-order chi connectivity index (χ1) is 8.04. The Morgan fingerprint density at radius 3 is 2.82 bits per heavy atom. The molecule has 0 amide bonds. The zero-order valence-electron chi connectivity index (χ0n) is 10.6. The molecule has 1 aliphatic rings. The number of hydrazine groups is 1. The van der Waals surface area contributed by atoms with Crippen LogP contribution in [0.5, 0.6) is 0 Å². The van der Waals surface area contributed by atoms with E-state index in [0.717, 1.165) is 30.2 Å². The molecule has 3 N–H and O–H groups in total. The van der Waals surface area contributed by atoms with Crippen LogP contribution in [-0.4, -0.2) is 22.8 Å². The van der Waals surface area contributed by atoms with Crippen LogP contribution in [0.4, 0.5) is 0 Å². The lowest BCUT2D eigenvalue weighted by molar-refractivity contribution is 0.177.